The third-order valence-electron chi connectivity index (χ3n) is 2.97. The highest BCUT2D eigenvalue weighted by Gasteiger charge is 2.44. The summed E-state index contributed by atoms with van der Waals surface area (Å²) >= 11 is 0. The van der Waals surface area contributed by atoms with Crippen LogP contribution in [0.1, 0.15) is 23.5 Å². The SMILES string of the molecule is Nc1ccc2c(c1)CC1CC21. The molecule has 0 spiro atoms. The van der Waals surface area contributed by atoms with Crippen LogP contribution in [0.4, 0.5) is 5.69 Å². The molecular formula is C10H11N. The van der Waals surface area contributed by atoms with E-state index in [0.717, 1.165) is 17.5 Å². The molecule has 3 rings (SSSR count). The maximum Gasteiger partial charge on any atom is 0.0316 e. The van der Waals surface area contributed by atoms with Crippen molar-refractivity contribution in [2.24, 2.45) is 5.92 Å². The van der Waals surface area contributed by atoms with Crippen LogP contribution in [0.25, 0.3) is 0 Å². The minimum Gasteiger partial charge on any atom is -0.399 e. The number of hydrogen-bond acceptors (Lipinski definition) is 1. The summed E-state index contributed by atoms with van der Waals surface area (Å²) in [6.45, 7) is 0. The molecule has 0 aromatic heterocycles. The number of hydrogen-bond donors (Lipinski definition) is 1. The van der Waals surface area contributed by atoms with E-state index in [2.05, 4.69) is 12.1 Å². The first-order valence-corrected chi connectivity index (χ1v) is 4.23. The zero-order valence-electron chi connectivity index (χ0n) is 6.38. The van der Waals surface area contributed by atoms with E-state index in [1.807, 2.05) is 6.07 Å². The Morgan fingerprint density at radius 3 is 3.18 bits per heavy atom. The molecule has 2 unspecified atom stereocenters. The molecule has 1 aromatic rings. The first kappa shape index (κ1) is 5.64. The maximum atomic E-state index is 5.69. The fourth-order valence-corrected chi connectivity index (χ4v) is 2.30. The summed E-state index contributed by atoms with van der Waals surface area (Å²) in [6, 6.07) is 6.38. The Morgan fingerprint density at radius 1 is 1.36 bits per heavy atom. The van der Waals surface area contributed by atoms with Gasteiger partial charge in [-0.25, -0.2) is 0 Å². The van der Waals surface area contributed by atoms with Crippen molar-refractivity contribution in [3.63, 3.8) is 0 Å². The predicted octanol–water partition coefficient (Wildman–Crippen LogP) is 1.93. The van der Waals surface area contributed by atoms with Gasteiger partial charge in [0.25, 0.3) is 0 Å². The lowest BCUT2D eigenvalue weighted by Gasteiger charge is -2.02. The van der Waals surface area contributed by atoms with E-state index in [1.165, 1.54) is 18.4 Å². The molecule has 0 radical (unpaired) electrons. The van der Waals surface area contributed by atoms with Gasteiger partial charge in [0, 0.05) is 5.69 Å². The standard InChI is InChI=1S/C10H11N/c11-8-1-2-9-6(4-8)3-7-5-10(7)9/h1-2,4,7,10H,3,5,11H2. The van der Waals surface area contributed by atoms with Gasteiger partial charge >= 0.3 is 0 Å². The van der Waals surface area contributed by atoms with Gasteiger partial charge in [-0.05, 0) is 47.9 Å². The number of nitrogen functional groups attached to an aromatic ring is 1. The molecule has 0 heterocycles. The lowest BCUT2D eigenvalue weighted by molar-refractivity contribution is 0.857. The average molecular weight is 145 g/mol. The summed E-state index contributed by atoms with van der Waals surface area (Å²) in [6.07, 6.45) is 2.71. The first-order chi connectivity index (χ1) is 5.34. The van der Waals surface area contributed by atoms with E-state index in [1.54, 1.807) is 5.56 Å². The molecule has 2 atom stereocenters. The monoisotopic (exact) mass is 145 g/mol. The topological polar surface area (TPSA) is 26.0 Å². The van der Waals surface area contributed by atoms with Crippen molar-refractivity contribution in [1.29, 1.82) is 0 Å². The molecule has 2 aliphatic rings. The van der Waals surface area contributed by atoms with Gasteiger partial charge in [0.2, 0.25) is 0 Å². The van der Waals surface area contributed by atoms with Crippen LogP contribution >= 0.6 is 0 Å². The molecule has 1 fully saturated rings. The lowest BCUT2D eigenvalue weighted by atomic mass is 10.1. The smallest absolute Gasteiger partial charge is 0.0316 e. The molecule has 0 amide bonds. The van der Waals surface area contributed by atoms with Crippen molar-refractivity contribution in [2.45, 2.75) is 18.8 Å². The van der Waals surface area contributed by atoms with Crippen LogP contribution < -0.4 is 5.73 Å². The van der Waals surface area contributed by atoms with Gasteiger partial charge in [-0.1, -0.05) is 6.07 Å². The molecule has 1 heteroatoms. The third-order valence-corrected chi connectivity index (χ3v) is 2.97. The van der Waals surface area contributed by atoms with Gasteiger partial charge in [0.15, 0.2) is 0 Å². The third kappa shape index (κ3) is 0.657. The summed E-state index contributed by atoms with van der Waals surface area (Å²) in [7, 11) is 0. The van der Waals surface area contributed by atoms with E-state index in [4.69, 9.17) is 5.73 Å². The van der Waals surface area contributed by atoms with Gasteiger partial charge in [-0.2, -0.15) is 0 Å². The first-order valence-electron chi connectivity index (χ1n) is 4.23. The van der Waals surface area contributed by atoms with Crippen LogP contribution in [0.3, 0.4) is 0 Å². The second-order valence-electron chi connectivity index (χ2n) is 3.76. The van der Waals surface area contributed by atoms with Crippen molar-refractivity contribution < 1.29 is 0 Å². The number of anilines is 1. The van der Waals surface area contributed by atoms with Gasteiger partial charge < -0.3 is 5.73 Å². The summed E-state index contributed by atoms with van der Waals surface area (Å²) in [5.74, 6) is 1.89. The Hall–Kier alpha value is -0.980. The summed E-state index contributed by atoms with van der Waals surface area (Å²) < 4.78 is 0. The average Bonchev–Trinajstić information content (AvgIpc) is 2.63. The highest BCUT2D eigenvalue weighted by molar-refractivity contribution is 5.50. The van der Waals surface area contributed by atoms with E-state index < -0.39 is 0 Å². The van der Waals surface area contributed by atoms with E-state index in [9.17, 15) is 0 Å². The molecule has 1 nitrogen and oxygen atoms in total. The van der Waals surface area contributed by atoms with Crippen LogP contribution in [0.2, 0.25) is 0 Å². The largest absolute Gasteiger partial charge is 0.399 e. The zero-order valence-corrected chi connectivity index (χ0v) is 6.38. The number of benzene rings is 1. The molecule has 11 heavy (non-hydrogen) atoms. The van der Waals surface area contributed by atoms with Gasteiger partial charge in [-0.3, -0.25) is 0 Å². The van der Waals surface area contributed by atoms with E-state index >= 15 is 0 Å². The van der Waals surface area contributed by atoms with Crippen LogP contribution in [-0.2, 0) is 6.42 Å². The minimum atomic E-state index is 0.908. The van der Waals surface area contributed by atoms with Gasteiger partial charge in [-0.15, -0.1) is 0 Å². The molecule has 2 N–H and O–H groups in total. The molecular weight excluding hydrogens is 134 g/mol. The molecule has 56 valence electrons. The van der Waals surface area contributed by atoms with Gasteiger partial charge in [0.1, 0.15) is 0 Å². The van der Waals surface area contributed by atoms with Crippen molar-refractivity contribution in [3.05, 3.63) is 29.3 Å². The molecule has 0 aliphatic heterocycles. The highest BCUT2D eigenvalue weighted by Crippen LogP contribution is 2.56. The molecule has 1 saturated carbocycles. The quantitative estimate of drug-likeness (QED) is 0.554. The van der Waals surface area contributed by atoms with Crippen LogP contribution in [0.5, 0.6) is 0 Å². The highest BCUT2D eigenvalue weighted by atomic mass is 14.6. The predicted molar refractivity (Wildman–Crippen MR) is 45.4 cm³/mol. The van der Waals surface area contributed by atoms with Crippen LogP contribution in [0, 0.1) is 5.92 Å². The van der Waals surface area contributed by atoms with E-state index in [0.29, 0.717) is 0 Å². The van der Waals surface area contributed by atoms with Crippen molar-refractivity contribution in [2.75, 3.05) is 5.73 Å². The summed E-state index contributed by atoms with van der Waals surface area (Å²) in [4.78, 5) is 0. The number of rotatable bonds is 0. The summed E-state index contributed by atoms with van der Waals surface area (Å²) in [5.41, 5.74) is 9.69. The van der Waals surface area contributed by atoms with Crippen molar-refractivity contribution in [1.82, 2.24) is 0 Å². The van der Waals surface area contributed by atoms with Crippen molar-refractivity contribution >= 4 is 5.69 Å². The van der Waals surface area contributed by atoms with Crippen LogP contribution in [-0.4, -0.2) is 0 Å². The Labute approximate surface area is 66.2 Å². The number of nitrogens with two attached hydrogens (primary N) is 1. The Bertz CT molecular complexity index is 317. The molecule has 2 aliphatic carbocycles. The minimum absolute atomic E-state index is 0.908. The lowest BCUT2D eigenvalue weighted by Crippen LogP contribution is -1.90. The second-order valence-corrected chi connectivity index (χ2v) is 3.76. The molecule has 0 saturated heterocycles. The molecule has 0 bridgehead atoms. The molecule has 1 aromatic carbocycles. The van der Waals surface area contributed by atoms with Gasteiger partial charge in [0.05, 0.1) is 0 Å². The number of fused-ring (bicyclic) bond motifs is 3. The Balaban J connectivity index is 2.18. The Morgan fingerprint density at radius 2 is 2.27 bits per heavy atom. The summed E-state index contributed by atoms with van der Waals surface area (Å²) in [5, 5.41) is 0. The zero-order chi connectivity index (χ0) is 7.42. The fraction of sp³-hybridized carbons (Fsp3) is 0.400. The van der Waals surface area contributed by atoms with E-state index in [-0.39, 0.29) is 0 Å². The second kappa shape index (κ2) is 1.60. The fourth-order valence-electron chi connectivity index (χ4n) is 2.30. The maximum absolute atomic E-state index is 5.69. The van der Waals surface area contributed by atoms with Crippen LogP contribution in [0.15, 0.2) is 18.2 Å². The normalized spacial score (nSPS) is 31.3. The Kier molecular flexibility index (Phi) is 0.823. The van der Waals surface area contributed by atoms with Crippen molar-refractivity contribution in [3.8, 4) is 0 Å².